The third-order valence-corrected chi connectivity index (χ3v) is 5.27. The molecule has 0 fully saturated rings. The first-order valence-electron chi connectivity index (χ1n) is 6.93. The third-order valence-electron chi connectivity index (χ3n) is 3.19. The second-order valence-corrected chi connectivity index (χ2v) is 7.73. The molecule has 0 aliphatic heterocycles. The summed E-state index contributed by atoms with van der Waals surface area (Å²) in [4.78, 5) is 11.1. The maximum Gasteiger partial charge on any atom is 0.241 e. The highest BCUT2D eigenvalue weighted by molar-refractivity contribution is 9.10. The van der Waals surface area contributed by atoms with Crippen LogP contribution in [0.2, 0.25) is 0 Å². The molecule has 0 heterocycles. The number of rotatable bonds is 5. The van der Waals surface area contributed by atoms with Gasteiger partial charge in [-0.2, -0.15) is 0 Å². The number of benzene rings is 2. The van der Waals surface area contributed by atoms with Crippen LogP contribution in [0.1, 0.15) is 25.5 Å². The standard InChI is InChI=1S/C16H17BrN2O3S/c1-11(13-3-5-14(17)6-4-13)19-23(21,22)16-9-7-15(8-10-16)18-12(2)20/h3-11,19H,1-2H3,(H,18,20)/t11-/m1/s1. The molecule has 0 bridgehead atoms. The minimum atomic E-state index is -3.64. The van der Waals surface area contributed by atoms with Crippen molar-refractivity contribution in [2.24, 2.45) is 0 Å². The predicted molar refractivity (Wildman–Crippen MR) is 93.6 cm³/mol. The van der Waals surface area contributed by atoms with Crippen LogP contribution in [-0.2, 0) is 14.8 Å². The van der Waals surface area contributed by atoms with Crippen molar-refractivity contribution in [3.8, 4) is 0 Å². The summed E-state index contributed by atoms with van der Waals surface area (Å²) in [6, 6.07) is 13.1. The molecule has 1 amide bonds. The topological polar surface area (TPSA) is 75.3 Å². The van der Waals surface area contributed by atoms with E-state index < -0.39 is 10.0 Å². The van der Waals surface area contributed by atoms with E-state index in [2.05, 4.69) is 26.0 Å². The minimum Gasteiger partial charge on any atom is -0.326 e. The molecule has 7 heteroatoms. The largest absolute Gasteiger partial charge is 0.326 e. The maximum atomic E-state index is 12.4. The maximum absolute atomic E-state index is 12.4. The van der Waals surface area contributed by atoms with E-state index in [0.717, 1.165) is 10.0 Å². The van der Waals surface area contributed by atoms with Crippen molar-refractivity contribution in [3.63, 3.8) is 0 Å². The zero-order valence-corrected chi connectivity index (χ0v) is 15.1. The Morgan fingerprint density at radius 3 is 2.13 bits per heavy atom. The Morgan fingerprint density at radius 1 is 1.04 bits per heavy atom. The number of hydrogen-bond acceptors (Lipinski definition) is 3. The molecule has 1 atom stereocenters. The molecule has 23 heavy (non-hydrogen) atoms. The molecule has 2 aromatic rings. The number of carbonyl (C=O) groups excluding carboxylic acids is 1. The van der Waals surface area contributed by atoms with E-state index in [0.29, 0.717) is 5.69 Å². The Morgan fingerprint density at radius 2 is 1.61 bits per heavy atom. The number of nitrogens with one attached hydrogen (secondary N) is 2. The quantitative estimate of drug-likeness (QED) is 0.812. The molecule has 2 N–H and O–H groups in total. The predicted octanol–water partition coefficient (Wildman–Crippen LogP) is 3.45. The fraction of sp³-hybridized carbons (Fsp3) is 0.188. The first-order chi connectivity index (χ1) is 10.8. The fourth-order valence-electron chi connectivity index (χ4n) is 2.04. The summed E-state index contributed by atoms with van der Waals surface area (Å²) in [6.07, 6.45) is 0. The highest BCUT2D eigenvalue weighted by atomic mass is 79.9. The molecule has 2 aromatic carbocycles. The van der Waals surface area contributed by atoms with E-state index in [1.807, 2.05) is 24.3 Å². The molecule has 0 aromatic heterocycles. The van der Waals surface area contributed by atoms with Gasteiger partial charge in [0, 0.05) is 23.1 Å². The van der Waals surface area contributed by atoms with Gasteiger partial charge < -0.3 is 5.32 Å². The Balaban J connectivity index is 2.14. The zero-order chi connectivity index (χ0) is 17.0. The molecule has 0 saturated carbocycles. The number of hydrogen-bond donors (Lipinski definition) is 2. The molecule has 122 valence electrons. The van der Waals surface area contributed by atoms with E-state index in [4.69, 9.17) is 0 Å². The molecule has 0 spiro atoms. The molecule has 0 saturated heterocycles. The summed E-state index contributed by atoms with van der Waals surface area (Å²) in [6.45, 7) is 3.18. The SMILES string of the molecule is CC(=O)Nc1ccc(S(=O)(=O)N[C@H](C)c2ccc(Br)cc2)cc1. The van der Waals surface area contributed by atoms with Crippen molar-refractivity contribution in [2.45, 2.75) is 24.8 Å². The Bertz CT molecular complexity index is 787. The van der Waals surface area contributed by atoms with Gasteiger partial charge in [0.15, 0.2) is 0 Å². The highest BCUT2D eigenvalue weighted by Crippen LogP contribution is 2.20. The van der Waals surface area contributed by atoms with Gasteiger partial charge in [-0.05, 0) is 48.9 Å². The van der Waals surface area contributed by atoms with Gasteiger partial charge in [0.1, 0.15) is 0 Å². The van der Waals surface area contributed by atoms with E-state index in [1.54, 1.807) is 19.1 Å². The van der Waals surface area contributed by atoms with Gasteiger partial charge in [-0.15, -0.1) is 0 Å². The summed E-state index contributed by atoms with van der Waals surface area (Å²) >= 11 is 3.35. The molecule has 0 radical (unpaired) electrons. The van der Waals surface area contributed by atoms with Crippen LogP contribution in [0.5, 0.6) is 0 Å². The van der Waals surface area contributed by atoms with Crippen molar-refractivity contribution in [2.75, 3.05) is 5.32 Å². The number of amides is 1. The number of sulfonamides is 1. The van der Waals surface area contributed by atoms with Crippen LogP contribution in [0.4, 0.5) is 5.69 Å². The Hall–Kier alpha value is -1.70. The second kappa shape index (κ2) is 7.25. The van der Waals surface area contributed by atoms with Crippen LogP contribution >= 0.6 is 15.9 Å². The smallest absolute Gasteiger partial charge is 0.241 e. The lowest BCUT2D eigenvalue weighted by molar-refractivity contribution is -0.114. The lowest BCUT2D eigenvalue weighted by Crippen LogP contribution is -2.26. The first kappa shape index (κ1) is 17.7. The van der Waals surface area contributed by atoms with Gasteiger partial charge in [0.2, 0.25) is 15.9 Å². The van der Waals surface area contributed by atoms with Gasteiger partial charge >= 0.3 is 0 Å². The van der Waals surface area contributed by atoms with Crippen molar-refractivity contribution in [3.05, 3.63) is 58.6 Å². The van der Waals surface area contributed by atoms with E-state index in [-0.39, 0.29) is 16.8 Å². The van der Waals surface area contributed by atoms with Gasteiger partial charge in [0.25, 0.3) is 0 Å². The van der Waals surface area contributed by atoms with Crippen LogP contribution in [0, 0.1) is 0 Å². The van der Waals surface area contributed by atoms with E-state index in [9.17, 15) is 13.2 Å². The molecular formula is C16H17BrN2O3S. The van der Waals surface area contributed by atoms with Crippen LogP contribution in [-0.4, -0.2) is 14.3 Å². The van der Waals surface area contributed by atoms with E-state index in [1.165, 1.54) is 19.1 Å². The van der Waals surface area contributed by atoms with Crippen molar-refractivity contribution in [1.82, 2.24) is 4.72 Å². The minimum absolute atomic E-state index is 0.149. The Labute approximate surface area is 144 Å². The highest BCUT2D eigenvalue weighted by Gasteiger charge is 2.18. The van der Waals surface area contributed by atoms with Crippen molar-refractivity contribution in [1.29, 1.82) is 0 Å². The van der Waals surface area contributed by atoms with Crippen LogP contribution in [0.25, 0.3) is 0 Å². The van der Waals surface area contributed by atoms with Crippen LogP contribution < -0.4 is 10.0 Å². The molecule has 2 rings (SSSR count). The molecule has 0 unspecified atom stereocenters. The monoisotopic (exact) mass is 396 g/mol. The average molecular weight is 397 g/mol. The molecule has 0 aliphatic carbocycles. The van der Waals surface area contributed by atoms with Gasteiger partial charge in [0.05, 0.1) is 4.90 Å². The third kappa shape index (κ3) is 4.89. The molecular weight excluding hydrogens is 380 g/mol. The van der Waals surface area contributed by atoms with E-state index >= 15 is 0 Å². The Kier molecular flexibility index (Phi) is 5.56. The fourth-order valence-corrected chi connectivity index (χ4v) is 3.54. The summed E-state index contributed by atoms with van der Waals surface area (Å²) in [5.41, 5.74) is 1.42. The molecule has 0 aliphatic rings. The van der Waals surface area contributed by atoms with Crippen molar-refractivity contribution < 1.29 is 13.2 Å². The zero-order valence-electron chi connectivity index (χ0n) is 12.7. The summed E-state index contributed by atoms with van der Waals surface area (Å²) in [5, 5.41) is 2.60. The number of anilines is 1. The summed E-state index contributed by atoms with van der Waals surface area (Å²) in [5.74, 6) is -0.206. The second-order valence-electron chi connectivity index (χ2n) is 5.10. The van der Waals surface area contributed by atoms with Gasteiger partial charge in [-0.25, -0.2) is 13.1 Å². The summed E-state index contributed by atoms with van der Waals surface area (Å²) < 4.78 is 28.4. The van der Waals surface area contributed by atoms with Crippen LogP contribution in [0.15, 0.2) is 57.9 Å². The lowest BCUT2D eigenvalue weighted by atomic mass is 10.1. The lowest BCUT2D eigenvalue weighted by Gasteiger charge is -2.15. The van der Waals surface area contributed by atoms with Gasteiger partial charge in [-0.3, -0.25) is 4.79 Å². The van der Waals surface area contributed by atoms with Crippen molar-refractivity contribution >= 4 is 37.5 Å². The average Bonchev–Trinajstić information content (AvgIpc) is 2.47. The number of carbonyl (C=O) groups is 1. The number of halogens is 1. The normalized spacial score (nSPS) is 12.7. The molecule has 5 nitrogen and oxygen atoms in total. The first-order valence-corrected chi connectivity index (χ1v) is 9.21. The van der Waals surface area contributed by atoms with Gasteiger partial charge in [-0.1, -0.05) is 28.1 Å². The summed E-state index contributed by atoms with van der Waals surface area (Å²) in [7, 11) is -3.64. The van der Waals surface area contributed by atoms with Crippen LogP contribution in [0.3, 0.4) is 0 Å².